The summed E-state index contributed by atoms with van der Waals surface area (Å²) >= 11 is 0. The molecule has 1 saturated carbocycles. The van der Waals surface area contributed by atoms with Crippen molar-refractivity contribution in [3.63, 3.8) is 0 Å². The summed E-state index contributed by atoms with van der Waals surface area (Å²) in [6.45, 7) is 3.18. The Morgan fingerprint density at radius 2 is 1.61 bits per heavy atom. The molecule has 1 aliphatic heterocycles. The van der Waals surface area contributed by atoms with E-state index in [1.165, 1.54) is 12.1 Å². The lowest BCUT2D eigenvalue weighted by molar-refractivity contribution is -0.0308. The van der Waals surface area contributed by atoms with Gasteiger partial charge >= 0.3 is 6.03 Å². The van der Waals surface area contributed by atoms with E-state index in [0.29, 0.717) is 31.8 Å². The Labute approximate surface area is 165 Å². The summed E-state index contributed by atoms with van der Waals surface area (Å²) in [5.74, 6) is 0.196. The predicted molar refractivity (Wildman–Crippen MR) is 107 cm³/mol. The van der Waals surface area contributed by atoms with Gasteiger partial charge in [0.15, 0.2) is 0 Å². The van der Waals surface area contributed by atoms with Gasteiger partial charge in [0.2, 0.25) is 0 Å². The monoisotopic (exact) mass is 382 g/mol. The Hall–Kier alpha value is -2.40. The molecule has 4 nitrogen and oxygen atoms in total. The van der Waals surface area contributed by atoms with E-state index in [0.717, 1.165) is 29.5 Å². The molecule has 5 heteroatoms. The molecule has 0 spiro atoms. The molecular formula is C23H27FN2O2. The standard InChI is InChI=1S/C23H27FN2O2/c1-16(17-2-4-18(5-3-17)19-6-10-21(24)11-7-19)25-22(27)26-14-12-23(28,13-15-26)20-8-9-20/h2-7,10-11,16,20,28H,8-9,12-15H2,1H3,(H,25,27). The average molecular weight is 382 g/mol. The number of amides is 2. The molecule has 2 aromatic rings. The van der Waals surface area contributed by atoms with E-state index in [4.69, 9.17) is 0 Å². The minimum atomic E-state index is -0.557. The quantitative estimate of drug-likeness (QED) is 0.818. The molecule has 1 atom stereocenters. The normalized spacial score (nSPS) is 19.9. The lowest BCUT2D eigenvalue weighted by atomic mass is 9.87. The number of hydrogen-bond donors (Lipinski definition) is 2. The van der Waals surface area contributed by atoms with Crippen LogP contribution in [0.2, 0.25) is 0 Å². The molecule has 2 aliphatic rings. The zero-order valence-electron chi connectivity index (χ0n) is 16.2. The lowest BCUT2D eigenvalue weighted by Crippen LogP contribution is -2.51. The van der Waals surface area contributed by atoms with Crippen molar-refractivity contribution in [2.75, 3.05) is 13.1 Å². The maximum Gasteiger partial charge on any atom is 0.317 e. The fourth-order valence-electron chi connectivity index (χ4n) is 4.09. The summed E-state index contributed by atoms with van der Waals surface area (Å²) in [4.78, 5) is 14.4. The first-order valence-electron chi connectivity index (χ1n) is 10.1. The number of likely N-dealkylation sites (tertiary alicyclic amines) is 1. The van der Waals surface area contributed by atoms with Crippen molar-refractivity contribution in [2.45, 2.75) is 44.2 Å². The molecule has 2 amide bonds. The minimum absolute atomic E-state index is 0.0760. The first-order valence-corrected chi connectivity index (χ1v) is 10.1. The average Bonchev–Trinajstić information content (AvgIpc) is 3.55. The third kappa shape index (κ3) is 4.04. The number of hydrogen-bond acceptors (Lipinski definition) is 2. The summed E-state index contributed by atoms with van der Waals surface area (Å²) < 4.78 is 13.1. The third-order valence-corrected chi connectivity index (χ3v) is 6.18. The van der Waals surface area contributed by atoms with Crippen molar-refractivity contribution in [3.8, 4) is 11.1 Å². The summed E-state index contributed by atoms with van der Waals surface area (Å²) in [7, 11) is 0. The van der Waals surface area contributed by atoms with Crippen LogP contribution in [0.5, 0.6) is 0 Å². The summed E-state index contributed by atoms with van der Waals surface area (Å²) in [5.41, 5.74) is 2.43. The van der Waals surface area contributed by atoms with Crippen LogP contribution in [0.1, 0.15) is 44.2 Å². The Morgan fingerprint density at radius 1 is 1.07 bits per heavy atom. The van der Waals surface area contributed by atoms with Gasteiger partial charge in [-0.15, -0.1) is 0 Å². The Morgan fingerprint density at radius 3 is 2.14 bits per heavy atom. The van der Waals surface area contributed by atoms with E-state index in [1.807, 2.05) is 31.2 Å². The van der Waals surface area contributed by atoms with Crippen molar-refractivity contribution < 1.29 is 14.3 Å². The van der Waals surface area contributed by atoms with E-state index >= 15 is 0 Å². The first-order chi connectivity index (χ1) is 13.4. The predicted octanol–water partition coefficient (Wildman–Crippen LogP) is 4.50. The zero-order chi connectivity index (χ0) is 19.7. The summed E-state index contributed by atoms with van der Waals surface area (Å²) in [6, 6.07) is 14.2. The molecule has 0 bridgehead atoms. The van der Waals surface area contributed by atoms with E-state index in [1.54, 1.807) is 17.0 Å². The van der Waals surface area contributed by atoms with Gasteiger partial charge in [-0.25, -0.2) is 9.18 Å². The molecule has 2 fully saturated rings. The van der Waals surface area contributed by atoms with Crippen molar-refractivity contribution in [2.24, 2.45) is 5.92 Å². The number of carbonyl (C=O) groups excluding carboxylic acids is 1. The van der Waals surface area contributed by atoms with Crippen LogP contribution in [0.4, 0.5) is 9.18 Å². The van der Waals surface area contributed by atoms with Crippen LogP contribution in [0.25, 0.3) is 11.1 Å². The third-order valence-electron chi connectivity index (χ3n) is 6.18. The molecule has 0 radical (unpaired) electrons. The molecule has 1 saturated heterocycles. The first kappa shape index (κ1) is 18.9. The van der Waals surface area contributed by atoms with E-state index in [2.05, 4.69) is 5.32 Å². The topological polar surface area (TPSA) is 52.6 Å². The van der Waals surface area contributed by atoms with Crippen LogP contribution in [-0.2, 0) is 0 Å². The van der Waals surface area contributed by atoms with Gasteiger partial charge in [0.1, 0.15) is 5.82 Å². The second kappa shape index (κ2) is 7.55. The van der Waals surface area contributed by atoms with E-state index in [9.17, 15) is 14.3 Å². The smallest absolute Gasteiger partial charge is 0.317 e. The number of rotatable bonds is 4. The van der Waals surface area contributed by atoms with Crippen LogP contribution in [0, 0.1) is 11.7 Å². The number of halogens is 1. The lowest BCUT2D eigenvalue weighted by Gasteiger charge is -2.38. The fraction of sp³-hybridized carbons (Fsp3) is 0.435. The van der Waals surface area contributed by atoms with Crippen LogP contribution >= 0.6 is 0 Å². The highest BCUT2D eigenvalue weighted by Gasteiger charge is 2.45. The number of aliphatic hydroxyl groups is 1. The maximum atomic E-state index is 13.1. The van der Waals surface area contributed by atoms with Crippen LogP contribution < -0.4 is 5.32 Å². The van der Waals surface area contributed by atoms with Gasteiger partial charge in [0.05, 0.1) is 11.6 Å². The summed E-state index contributed by atoms with van der Waals surface area (Å²) in [6.07, 6.45) is 3.58. The van der Waals surface area contributed by atoms with E-state index < -0.39 is 5.60 Å². The molecule has 0 aromatic heterocycles. The Bertz CT molecular complexity index is 823. The second-order valence-electron chi connectivity index (χ2n) is 8.16. The van der Waals surface area contributed by atoms with Gasteiger partial charge in [-0.3, -0.25) is 0 Å². The molecule has 28 heavy (non-hydrogen) atoms. The largest absolute Gasteiger partial charge is 0.389 e. The highest BCUT2D eigenvalue weighted by Crippen LogP contribution is 2.45. The van der Waals surface area contributed by atoms with Gasteiger partial charge < -0.3 is 15.3 Å². The molecular weight excluding hydrogens is 355 g/mol. The van der Waals surface area contributed by atoms with Gasteiger partial charge in [-0.2, -0.15) is 0 Å². The molecule has 4 rings (SSSR count). The number of benzene rings is 2. The molecule has 1 unspecified atom stereocenters. The molecule has 1 heterocycles. The van der Waals surface area contributed by atoms with Gasteiger partial charge in [0.25, 0.3) is 0 Å². The van der Waals surface area contributed by atoms with Crippen molar-refractivity contribution in [3.05, 3.63) is 59.9 Å². The Kier molecular flexibility index (Phi) is 5.11. The highest BCUT2D eigenvalue weighted by molar-refractivity contribution is 5.75. The number of nitrogens with zero attached hydrogens (tertiary/aromatic N) is 1. The number of nitrogens with one attached hydrogen (secondary N) is 1. The van der Waals surface area contributed by atoms with Crippen molar-refractivity contribution in [1.82, 2.24) is 10.2 Å². The number of piperidine rings is 1. The van der Waals surface area contributed by atoms with Gasteiger partial charge in [-0.05, 0) is 67.3 Å². The zero-order valence-corrected chi connectivity index (χ0v) is 16.2. The Balaban J connectivity index is 1.33. The van der Waals surface area contributed by atoms with E-state index in [-0.39, 0.29) is 17.9 Å². The minimum Gasteiger partial charge on any atom is -0.389 e. The van der Waals surface area contributed by atoms with Crippen molar-refractivity contribution >= 4 is 6.03 Å². The number of urea groups is 1. The highest BCUT2D eigenvalue weighted by atomic mass is 19.1. The SMILES string of the molecule is CC(NC(=O)N1CCC(O)(C2CC2)CC1)c1ccc(-c2ccc(F)cc2)cc1. The molecule has 148 valence electrons. The van der Waals surface area contributed by atoms with Crippen LogP contribution in [-0.4, -0.2) is 34.7 Å². The second-order valence-corrected chi connectivity index (χ2v) is 8.16. The van der Waals surface area contributed by atoms with Gasteiger partial charge in [-0.1, -0.05) is 36.4 Å². The number of carbonyl (C=O) groups is 1. The molecule has 2 N–H and O–H groups in total. The fourth-order valence-corrected chi connectivity index (χ4v) is 4.09. The molecule has 2 aromatic carbocycles. The summed E-state index contributed by atoms with van der Waals surface area (Å²) in [5, 5.41) is 13.7. The van der Waals surface area contributed by atoms with Crippen LogP contribution in [0.3, 0.4) is 0 Å². The molecule has 1 aliphatic carbocycles. The maximum absolute atomic E-state index is 13.1. The van der Waals surface area contributed by atoms with Crippen LogP contribution in [0.15, 0.2) is 48.5 Å². The van der Waals surface area contributed by atoms with Gasteiger partial charge in [0, 0.05) is 13.1 Å². The van der Waals surface area contributed by atoms with Crippen molar-refractivity contribution in [1.29, 1.82) is 0 Å².